The van der Waals surface area contributed by atoms with Crippen LogP contribution in [0.5, 0.6) is 0 Å². The predicted octanol–water partition coefficient (Wildman–Crippen LogP) is 3.81. The lowest BCUT2D eigenvalue weighted by Gasteiger charge is -2.39. The molecule has 1 spiro atoms. The highest BCUT2D eigenvalue weighted by Crippen LogP contribution is 2.58. The van der Waals surface area contributed by atoms with Crippen molar-refractivity contribution in [2.24, 2.45) is 16.2 Å². The summed E-state index contributed by atoms with van der Waals surface area (Å²) in [6.07, 6.45) is 2.78. The van der Waals surface area contributed by atoms with Gasteiger partial charge in [0.05, 0.1) is 0 Å². The Kier molecular flexibility index (Phi) is 6.05. The van der Waals surface area contributed by atoms with Gasteiger partial charge in [0.2, 0.25) is 5.91 Å². The number of carbonyl (C=O) groups excluding carboxylic acids is 2. The Hall–Kier alpha value is -1.79. The Balaban J connectivity index is 2.31. The van der Waals surface area contributed by atoms with Crippen LogP contribution >= 0.6 is 0 Å². The number of alkyl carbamates (subject to hydrolysis) is 1. The first-order chi connectivity index (χ1) is 13.0. The van der Waals surface area contributed by atoms with Gasteiger partial charge in [-0.05, 0) is 56.3 Å². The van der Waals surface area contributed by atoms with Crippen molar-refractivity contribution in [3.8, 4) is 0 Å². The molecule has 2 aliphatic rings. The number of carboxylic acids is 1. The molecule has 166 valence electrons. The maximum Gasteiger partial charge on any atom is 0.408 e. The van der Waals surface area contributed by atoms with E-state index < -0.39 is 35.2 Å². The number of carboxylic acid groups (broad SMARTS) is 1. The molecule has 1 saturated heterocycles. The van der Waals surface area contributed by atoms with Crippen LogP contribution in [-0.2, 0) is 14.3 Å². The lowest BCUT2D eigenvalue weighted by molar-refractivity contribution is -0.150. The third-order valence-electron chi connectivity index (χ3n) is 6.67. The van der Waals surface area contributed by atoms with Crippen molar-refractivity contribution >= 4 is 18.0 Å². The van der Waals surface area contributed by atoms with Gasteiger partial charge in [0.25, 0.3) is 0 Å². The molecule has 0 radical (unpaired) electrons. The normalized spacial score (nSPS) is 27.7. The Labute approximate surface area is 174 Å². The first-order valence-electron chi connectivity index (χ1n) is 10.5. The van der Waals surface area contributed by atoms with E-state index in [4.69, 9.17) is 4.74 Å². The summed E-state index contributed by atoms with van der Waals surface area (Å²) in [5.41, 5.74) is -1.51. The van der Waals surface area contributed by atoms with Crippen LogP contribution in [0.1, 0.15) is 81.1 Å². The molecule has 2 fully saturated rings. The third-order valence-corrected chi connectivity index (χ3v) is 6.67. The number of aliphatic carboxylic acids is 1. The molecule has 2 N–H and O–H groups in total. The van der Waals surface area contributed by atoms with Crippen molar-refractivity contribution in [3.05, 3.63) is 0 Å². The molecule has 29 heavy (non-hydrogen) atoms. The number of likely N-dealkylation sites (tertiary alicyclic amines) is 1. The fourth-order valence-electron chi connectivity index (χ4n) is 4.82. The molecule has 1 heterocycles. The molecule has 0 bridgehead atoms. The van der Waals surface area contributed by atoms with Gasteiger partial charge in [-0.2, -0.15) is 0 Å². The molecule has 1 aliphatic heterocycles. The molecule has 1 aliphatic carbocycles. The topological polar surface area (TPSA) is 95.9 Å². The minimum atomic E-state index is -0.983. The second kappa shape index (κ2) is 7.47. The van der Waals surface area contributed by atoms with E-state index in [1.54, 1.807) is 20.8 Å². The van der Waals surface area contributed by atoms with E-state index in [9.17, 15) is 19.5 Å². The van der Waals surface area contributed by atoms with Crippen LogP contribution in [0.25, 0.3) is 0 Å². The van der Waals surface area contributed by atoms with Crippen LogP contribution in [-0.4, -0.2) is 52.2 Å². The molecule has 1 unspecified atom stereocenters. The standard InChI is InChI=1S/C22H38N2O5/c1-19(2,3)15(23-18(28)29-20(4,5)6)16(25)24-13-22(12-14(24)17(26)27)11-9-10-21(22,7)8/h14-15H,9-13H2,1-8H3,(H,23,28)(H,26,27)/t14-,15+,22?/m0/s1. The van der Waals surface area contributed by atoms with Crippen molar-refractivity contribution in [1.29, 1.82) is 0 Å². The van der Waals surface area contributed by atoms with Gasteiger partial charge >= 0.3 is 12.1 Å². The zero-order valence-corrected chi connectivity index (χ0v) is 19.2. The Bertz CT molecular complexity index is 674. The molecule has 2 amide bonds. The van der Waals surface area contributed by atoms with Gasteiger partial charge in [0.1, 0.15) is 17.7 Å². The first-order valence-corrected chi connectivity index (χ1v) is 10.5. The van der Waals surface area contributed by atoms with Gasteiger partial charge in [0.15, 0.2) is 0 Å². The largest absolute Gasteiger partial charge is 0.480 e. The fourth-order valence-corrected chi connectivity index (χ4v) is 4.82. The number of hydrogen-bond donors (Lipinski definition) is 2. The van der Waals surface area contributed by atoms with Crippen molar-refractivity contribution in [3.63, 3.8) is 0 Å². The SMILES string of the molecule is CC(C)(C)OC(=O)N[C@H](C(=O)N1CC2(CCCC2(C)C)C[C@H]1C(=O)O)C(C)(C)C. The monoisotopic (exact) mass is 410 g/mol. The summed E-state index contributed by atoms with van der Waals surface area (Å²) in [7, 11) is 0. The number of amides is 2. The van der Waals surface area contributed by atoms with Crippen LogP contribution in [0, 0.1) is 16.2 Å². The summed E-state index contributed by atoms with van der Waals surface area (Å²) in [6.45, 7) is 15.6. The van der Waals surface area contributed by atoms with E-state index in [0.717, 1.165) is 19.3 Å². The number of rotatable bonds is 3. The van der Waals surface area contributed by atoms with Crippen LogP contribution in [0.2, 0.25) is 0 Å². The smallest absolute Gasteiger partial charge is 0.408 e. The molecule has 0 aromatic rings. The van der Waals surface area contributed by atoms with Gasteiger partial charge in [-0.25, -0.2) is 9.59 Å². The predicted molar refractivity (Wildman–Crippen MR) is 110 cm³/mol. The summed E-state index contributed by atoms with van der Waals surface area (Å²) in [6, 6.07) is -1.75. The van der Waals surface area contributed by atoms with Crippen LogP contribution in [0.15, 0.2) is 0 Å². The van der Waals surface area contributed by atoms with Crippen LogP contribution in [0.3, 0.4) is 0 Å². The number of carbonyl (C=O) groups is 3. The second-order valence-corrected chi connectivity index (χ2v) is 11.5. The summed E-state index contributed by atoms with van der Waals surface area (Å²) in [4.78, 5) is 39.5. The highest BCUT2D eigenvalue weighted by molar-refractivity contribution is 5.90. The Morgan fingerprint density at radius 3 is 2.10 bits per heavy atom. The minimum absolute atomic E-state index is 0.0223. The zero-order valence-electron chi connectivity index (χ0n) is 19.2. The molecule has 3 atom stereocenters. The van der Waals surface area contributed by atoms with Gasteiger partial charge in [-0.1, -0.05) is 41.0 Å². The van der Waals surface area contributed by atoms with E-state index in [-0.39, 0.29) is 16.7 Å². The van der Waals surface area contributed by atoms with E-state index in [1.165, 1.54) is 4.90 Å². The Morgan fingerprint density at radius 1 is 1.10 bits per heavy atom. The van der Waals surface area contributed by atoms with Gasteiger partial charge in [0, 0.05) is 6.54 Å². The molecule has 2 rings (SSSR count). The average Bonchev–Trinajstić information content (AvgIpc) is 3.03. The number of nitrogens with zero attached hydrogens (tertiary/aromatic N) is 1. The fraction of sp³-hybridized carbons (Fsp3) is 0.864. The second-order valence-electron chi connectivity index (χ2n) is 11.5. The lowest BCUT2D eigenvalue weighted by atomic mass is 9.67. The quantitative estimate of drug-likeness (QED) is 0.738. The highest BCUT2D eigenvalue weighted by atomic mass is 16.6. The highest BCUT2D eigenvalue weighted by Gasteiger charge is 2.58. The summed E-state index contributed by atoms with van der Waals surface area (Å²) in [5.74, 6) is -1.34. The summed E-state index contributed by atoms with van der Waals surface area (Å²) < 4.78 is 5.34. The number of nitrogens with one attached hydrogen (secondary N) is 1. The van der Waals surface area contributed by atoms with E-state index >= 15 is 0 Å². The molecule has 0 aromatic heterocycles. The van der Waals surface area contributed by atoms with Crippen molar-refractivity contribution < 1.29 is 24.2 Å². The Morgan fingerprint density at radius 2 is 1.69 bits per heavy atom. The molecule has 7 heteroatoms. The number of hydrogen-bond acceptors (Lipinski definition) is 4. The first kappa shape index (κ1) is 23.5. The van der Waals surface area contributed by atoms with E-state index in [0.29, 0.717) is 13.0 Å². The molecular formula is C22H38N2O5. The van der Waals surface area contributed by atoms with E-state index in [1.807, 2.05) is 20.8 Å². The van der Waals surface area contributed by atoms with Crippen molar-refractivity contribution in [1.82, 2.24) is 10.2 Å². The zero-order chi connectivity index (χ0) is 22.4. The minimum Gasteiger partial charge on any atom is -0.480 e. The maximum atomic E-state index is 13.6. The van der Waals surface area contributed by atoms with Crippen LogP contribution < -0.4 is 5.32 Å². The average molecular weight is 411 g/mol. The maximum absolute atomic E-state index is 13.6. The summed E-state index contributed by atoms with van der Waals surface area (Å²) in [5, 5.41) is 12.6. The van der Waals surface area contributed by atoms with Gasteiger partial charge in [-0.3, -0.25) is 4.79 Å². The summed E-state index contributed by atoms with van der Waals surface area (Å²) >= 11 is 0. The molecular weight excluding hydrogens is 372 g/mol. The van der Waals surface area contributed by atoms with Crippen LogP contribution in [0.4, 0.5) is 4.79 Å². The van der Waals surface area contributed by atoms with Gasteiger partial charge < -0.3 is 20.1 Å². The van der Waals surface area contributed by atoms with E-state index in [2.05, 4.69) is 19.2 Å². The third kappa shape index (κ3) is 4.86. The molecule has 7 nitrogen and oxygen atoms in total. The molecule has 0 aromatic carbocycles. The van der Waals surface area contributed by atoms with Crippen molar-refractivity contribution in [2.45, 2.75) is 98.8 Å². The lowest BCUT2D eigenvalue weighted by Crippen LogP contribution is -2.57. The number of ether oxygens (including phenoxy) is 1. The van der Waals surface area contributed by atoms with Crippen molar-refractivity contribution in [2.75, 3.05) is 6.54 Å². The molecule has 1 saturated carbocycles. The van der Waals surface area contributed by atoms with Gasteiger partial charge in [-0.15, -0.1) is 0 Å².